The number of aromatic nitrogens is 2. The molecule has 2 saturated carbocycles. The highest BCUT2D eigenvalue weighted by Gasteiger charge is 2.58. The number of allylic oxidation sites excluding steroid dienone is 3. The molecule has 1 aromatic rings. The Labute approximate surface area is 164 Å². The number of amides is 1. The Morgan fingerprint density at radius 3 is 2.61 bits per heavy atom. The molecule has 2 heterocycles. The van der Waals surface area contributed by atoms with Gasteiger partial charge in [-0.3, -0.25) is 9.59 Å². The van der Waals surface area contributed by atoms with Gasteiger partial charge in [0.25, 0.3) is 0 Å². The summed E-state index contributed by atoms with van der Waals surface area (Å²) in [6.07, 6.45) is 13.1. The molecule has 7 atom stereocenters. The van der Waals surface area contributed by atoms with Crippen LogP contribution >= 0.6 is 0 Å². The maximum absolute atomic E-state index is 13.8. The monoisotopic (exact) mass is 379 g/mol. The molecule has 3 aliphatic carbocycles. The molecule has 0 radical (unpaired) electrons. The zero-order valence-corrected chi connectivity index (χ0v) is 15.9. The topological polar surface area (TPSA) is 83.4 Å². The molecule has 3 fully saturated rings. The molecule has 28 heavy (non-hydrogen) atoms. The number of carbonyl (C=O) groups excluding carboxylic acids is 1. The van der Waals surface area contributed by atoms with Crippen LogP contribution in [0, 0.1) is 23.7 Å². The van der Waals surface area contributed by atoms with E-state index in [1.165, 1.54) is 0 Å². The summed E-state index contributed by atoms with van der Waals surface area (Å²) in [6.45, 7) is 1.99. The van der Waals surface area contributed by atoms with Crippen LogP contribution in [0.1, 0.15) is 44.3 Å². The molecular formula is C22H25N3O3. The third kappa shape index (κ3) is 2.61. The first-order valence-electron chi connectivity index (χ1n) is 10.2. The van der Waals surface area contributed by atoms with Crippen LogP contribution in [0.5, 0.6) is 0 Å². The van der Waals surface area contributed by atoms with Crippen LogP contribution in [0.3, 0.4) is 0 Å². The van der Waals surface area contributed by atoms with Gasteiger partial charge in [-0.05, 0) is 50.5 Å². The van der Waals surface area contributed by atoms with Crippen LogP contribution in [0.2, 0.25) is 0 Å². The molecule has 1 amide bonds. The first kappa shape index (κ1) is 17.6. The van der Waals surface area contributed by atoms with Crippen LogP contribution < -0.4 is 0 Å². The number of carbonyl (C=O) groups is 2. The van der Waals surface area contributed by atoms with E-state index in [4.69, 9.17) is 0 Å². The van der Waals surface area contributed by atoms with E-state index < -0.39 is 11.9 Å². The van der Waals surface area contributed by atoms with E-state index in [-0.39, 0.29) is 29.8 Å². The SMILES string of the molecule is CC1=CC(C(=O)N2C3CC(CC3C(=O)O)C3CCC32)C(c2ncccn2)C=C1. The Balaban J connectivity index is 1.50. The lowest BCUT2D eigenvalue weighted by Crippen LogP contribution is -2.61. The van der Waals surface area contributed by atoms with E-state index in [0.29, 0.717) is 17.7 Å². The Morgan fingerprint density at radius 1 is 1.14 bits per heavy atom. The van der Waals surface area contributed by atoms with E-state index in [0.717, 1.165) is 31.3 Å². The number of rotatable bonds is 3. The number of hydrogen-bond donors (Lipinski definition) is 1. The number of piperidine rings is 1. The minimum absolute atomic E-state index is 0.0486. The van der Waals surface area contributed by atoms with E-state index in [9.17, 15) is 14.7 Å². The minimum atomic E-state index is -0.759. The fourth-order valence-corrected chi connectivity index (χ4v) is 5.90. The van der Waals surface area contributed by atoms with Crippen molar-refractivity contribution < 1.29 is 14.7 Å². The summed E-state index contributed by atoms with van der Waals surface area (Å²) >= 11 is 0. The lowest BCUT2D eigenvalue weighted by molar-refractivity contribution is -0.153. The molecular weight excluding hydrogens is 354 g/mol. The van der Waals surface area contributed by atoms with E-state index >= 15 is 0 Å². The second-order valence-corrected chi connectivity index (χ2v) is 8.73. The lowest BCUT2D eigenvalue weighted by atomic mass is 9.67. The van der Waals surface area contributed by atoms with Gasteiger partial charge in [-0.25, -0.2) is 9.97 Å². The smallest absolute Gasteiger partial charge is 0.308 e. The van der Waals surface area contributed by atoms with E-state index in [1.807, 2.05) is 30.1 Å². The van der Waals surface area contributed by atoms with Crippen molar-refractivity contribution in [2.75, 3.05) is 0 Å². The summed E-state index contributed by atoms with van der Waals surface area (Å²) in [5.41, 5.74) is 1.05. The summed E-state index contributed by atoms with van der Waals surface area (Å²) in [6, 6.07) is 1.80. The number of aliphatic carboxylic acids is 1. The normalized spacial score (nSPS) is 38.4. The highest BCUT2D eigenvalue weighted by atomic mass is 16.4. The summed E-state index contributed by atoms with van der Waals surface area (Å²) in [7, 11) is 0. The van der Waals surface area contributed by atoms with Crippen molar-refractivity contribution in [3.63, 3.8) is 0 Å². The summed E-state index contributed by atoms with van der Waals surface area (Å²) in [5.74, 6) is -0.154. The summed E-state index contributed by atoms with van der Waals surface area (Å²) in [5, 5.41) is 9.75. The molecule has 7 unspecified atom stereocenters. The van der Waals surface area contributed by atoms with Crippen molar-refractivity contribution in [1.29, 1.82) is 0 Å². The quantitative estimate of drug-likeness (QED) is 0.873. The number of hydrogen-bond acceptors (Lipinski definition) is 4. The number of fused-ring (bicyclic) bond motifs is 4. The van der Waals surface area contributed by atoms with Gasteiger partial charge in [-0.2, -0.15) is 0 Å². The zero-order chi connectivity index (χ0) is 19.4. The Bertz CT molecular complexity index is 865. The molecule has 1 aliphatic heterocycles. The largest absolute Gasteiger partial charge is 0.481 e. The van der Waals surface area contributed by atoms with Crippen molar-refractivity contribution >= 4 is 11.9 Å². The van der Waals surface area contributed by atoms with Gasteiger partial charge in [0.15, 0.2) is 0 Å². The molecule has 6 heteroatoms. The van der Waals surface area contributed by atoms with Crippen molar-refractivity contribution in [1.82, 2.24) is 14.9 Å². The zero-order valence-electron chi connectivity index (χ0n) is 15.9. The number of carboxylic acids is 1. The molecule has 146 valence electrons. The molecule has 6 nitrogen and oxygen atoms in total. The van der Waals surface area contributed by atoms with Gasteiger partial charge in [-0.1, -0.05) is 23.8 Å². The van der Waals surface area contributed by atoms with Crippen LogP contribution in [0.15, 0.2) is 42.3 Å². The fraction of sp³-hybridized carbons (Fsp3) is 0.545. The van der Waals surface area contributed by atoms with Crippen LogP contribution in [0.4, 0.5) is 0 Å². The number of nitrogens with zero attached hydrogens (tertiary/aromatic N) is 3. The third-order valence-electron chi connectivity index (χ3n) is 7.31. The number of carboxylic acid groups (broad SMARTS) is 1. The Morgan fingerprint density at radius 2 is 1.93 bits per heavy atom. The Kier molecular flexibility index (Phi) is 4.11. The minimum Gasteiger partial charge on any atom is -0.481 e. The first-order valence-corrected chi connectivity index (χ1v) is 10.2. The second kappa shape index (κ2) is 6.54. The molecule has 1 N–H and O–H groups in total. The standard InChI is InChI=1S/C22H25N3O3/c1-12-3-4-15(20-23-7-2-8-24-20)16(9-12)21(26)25-18-6-5-14(18)13-10-17(22(27)28)19(25)11-13/h2-4,7-9,13-19H,5-6,10-11H2,1H3,(H,27,28). The molecule has 2 bridgehead atoms. The van der Waals surface area contributed by atoms with Crippen LogP contribution in [0.25, 0.3) is 0 Å². The van der Waals surface area contributed by atoms with Gasteiger partial charge >= 0.3 is 5.97 Å². The van der Waals surface area contributed by atoms with Gasteiger partial charge in [-0.15, -0.1) is 0 Å². The maximum atomic E-state index is 13.8. The maximum Gasteiger partial charge on any atom is 0.308 e. The number of likely N-dealkylation sites (tertiary alicyclic amines) is 1. The van der Waals surface area contributed by atoms with Crippen LogP contribution in [-0.4, -0.2) is 43.9 Å². The van der Waals surface area contributed by atoms with Crippen LogP contribution in [-0.2, 0) is 9.59 Å². The van der Waals surface area contributed by atoms with E-state index in [1.54, 1.807) is 18.5 Å². The predicted octanol–water partition coefficient (Wildman–Crippen LogP) is 2.79. The van der Waals surface area contributed by atoms with Crippen molar-refractivity contribution in [3.05, 3.63) is 48.1 Å². The molecule has 5 rings (SSSR count). The van der Waals surface area contributed by atoms with Gasteiger partial charge in [0.1, 0.15) is 5.82 Å². The second-order valence-electron chi connectivity index (χ2n) is 8.73. The third-order valence-corrected chi connectivity index (χ3v) is 7.31. The van der Waals surface area contributed by atoms with Crippen molar-refractivity contribution in [2.45, 2.75) is 50.6 Å². The average molecular weight is 379 g/mol. The first-order chi connectivity index (χ1) is 13.5. The van der Waals surface area contributed by atoms with E-state index in [2.05, 4.69) is 9.97 Å². The molecule has 0 spiro atoms. The predicted molar refractivity (Wildman–Crippen MR) is 102 cm³/mol. The summed E-state index contributed by atoms with van der Waals surface area (Å²) < 4.78 is 0. The molecule has 1 aromatic heterocycles. The molecule has 4 aliphatic rings. The van der Waals surface area contributed by atoms with Gasteiger partial charge in [0.05, 0.1) is 17.8 Å². The summed E-state index contributed by atoms with van der Waals surface area (Å²) in [4.78, 5) is 36.5. The van der Waals surface area contributed by atoms with Crippen molar-refractivity contribution in [2.24, 2.45) is 23.7 Å². The molecule has 0 aromatic carbocycles. The van der Waals surface area contributed by atoms with Gasteiger partial charge in [0.2, 0.25) is 5.91 Å². The average Bonchev–Trinajstić information content (AvgIpc) is 3.05. The Hall–Kier alpha value is -2.50. The highest BCUT2D eigenvalue weighted by molar-refractivity contribution is 5.84. The van der Waals surface area contributed by atoms with Gasteiger partial charge < -0.3 is 10.0 Å². The highest BCUT2D eigenvalue weighted by Crippen LogP contribution is 2.54. The molecule has 1 saturated heterocycles. The van der Waals surface area contributed by atoms with Crippen molar-refractivity contribution in [3.8, 4) is 0 Å². The lowest BCUT2D eigenvalue weighted by Gasteiger charge is -2.53. The fourth-order valence-electron chi connectivity index (χ4n) is 5.90. The van der Waals surface area contributed by atoms with Gasteiger partial charge in [0, 0.05) is 24.5 Å².